The molecule has 8 nitrogen and oxygen atoms in total. The molecule has 0 radical (unpaired) electrons. The Balaban J connectivity index is 3.93. The number of nitrogens with two attached hydrogens (primary N) is 2. The van der Waals surface area contributed by atoms with Crippen LogP contribution in [0, 0.1) is 20.2 Å². The minimum absolute atomic E-state index is 0.0625. The summed E-state index contributed by atoms with van der Waals surface area (Å²) in [5.41, 5.74) is 11.0. The van der Waals surface area contributed by atoms with Crippen LogP contribution in [0.5, 0.6) is 0 Å². The number of anilines is 2. The van der Waals surface area contributed by atoms with Crippen molar-refractivity contribution in [2.75, 3.05) is 11.5 Å². The molecule has 0 bridgehead atoms. The first-order valence-electron chi connectivity index (χ1n) is 6.83. The number of nitrogen functional groups attached to an aromatic ring is 2. The summed E-state index contributed by atoms with van der Waals surface area (Å²) >= 11 is 0. The summed E-state index contributed by atoms with van der Waals surface area (Å²) in [7, 11) is 0. The molecule has 0 atom stereocenters. The molecule has 0 aliphatic carbocycles. The number of rotatable bonds is 6. The Bertz CT molecular complexity index is 582. The highest BCUT2D eigenvalue weighted by atomic mass is 16.6. The number of benzene rings is 1. The Morgan fingerprint density at radius 3 is 1.76 bits per heavy atom. The minimum Gasteiger partial charge on any atom is -0.393 e. The van der Waals surface area contributed by atoms with E-state index in [0.717, 1.165) is 0 Å². The van der Waals surface area contributed by atoms with E-state index in [1.807, 2.05) is 13.8 Å². The number of hydrogen-bond donors (Lipinski definition) is 2. The number of hydrogen-bond acceptors (Lipinski definition) is 6. The predicted molar refractivity (Wildman–Crippen MR) is 81.3 cm³/mol. The highest BCUT2D eigenvalue weighted by Crippen LogP contribution is 2.47. The Labute approximate surface area is 122 Å². The quantitative estimate of drug-likeness (QED) is 0.469. The molecule has 116 valence electrons. The minimum atomic E-state index is -0.756. The molecule has 0 unspecified atom stereocenters. The first-order chi connectivity index (χ1) is 9.81. The van der Waals surface area contributed by atoms with Crippen LogP contribution in [0.4, 0.5) is 22.7 Å². The van der Waals surface area contributed by atoms with Gasteiger partial charge in [0.05, 0.1) is 9.85 Å². The van der Waals surface area contributed by atoms with Crippen molar-refractivity contribution in [1.29, 1.82) is 0 Å². The standard InChI is InChI=1S/C13H20N4O4/c1-4-7(5-2)9-8(6-3)10(14)13(17(20)21)11(15)12(9)16(18)19/h7H,4-6,14-15H2,1-3H3. The molecule has 1 rings (SSSR count). The zero-order valence-electron chi connectivity index (χ0n) is 12.4. The second-order valence-corrected chi connectivity index (χ2v) is 4.80. The van der Waals surface area contributed by atoms with Crippen molar-refractivity contribution >= 4 is 22.7 Å². The Morgan fingerprint density at radius 2 is 1.43 bits per heavy atom. The topological polar surface area (TPSA) is 138 Å². The van der Waals surface area contributed by atoms with Crippen LogP contribution < -0.4 is 11.5 Å². The smallest absolute Gasteiger partial charge is 0.322 e. The van der Waals surface area contributed by atoms with E-state index in [1.54, 1.807) is 6.92 Å². The van der Waals surface area contributed by atoms with Crippen LogP contribution in [0.15, 0.2) is 0 Å². The van der Waals surface area contributed by atoms with Crippen molar-refractivity contribution < 1.29 is 9.85 Å². The molecule has 0 saturated heterocycles. The summed E-state index contributed by atoms with van der Waals surface area (Å²) < 4.78 is 0. The molecule has 0 amide bonds. The van der Waals surface area contributed by atoms with Gasteiger partial charge in [-0.2, -0.15) is 0 Å². The Kier molecular flexibility index (Phi) is 5.07. The average Bonchev–Trinajstić information content (AvgIpc) is 2.39. The normalized spacial score (nSPS) is 10.9. The van der Waals surface area contributed by atoms with Gasteiger partial charge in [0.1, 0.15) is 5.69 Å². The lowest BCUT2D eigenvalue weighted by Crippen LogP contribution is -2.13. The predicted octanol–water partition coefficient (Wildman–Crippen LogP) is 3.13. The molecule has 8 heteroatoms. The number of nitro groups is 2. The monoisotopic (exact) mass is 296 g/mol. The van der Waals surface area contributed by atoms with E-state index in [9.17, 15) is 20.2 Å². The maximum Gasteiger partial charge on any atom is 0.322 e. The van der Waals surface area contributed by atoms with Crippen LogP contribution >= 0.6 is 0 Å². The SMILES string of the molecule is CCc1c(N)c([N+](=O)[O-])c(N)c([N+](=O)[O-])c1C(CC)CC. The second-order valence-electron chi connectivity index (χ2n) is 4.80. The molecule has 1 aromatic carbocycles. The van der Waals surface area contributed by atoms with Crippen LogP contribution in [-0.2, 0) is 6.42 Å². The van der Waals surface area contributed by atoms with Gasteiger partial charge in [0, 0.05) is 5.56 Å². The fraction of sp³-hybridized carbons (Fsp3) is 0.538. The summed E-state index contributed by atoms with van der Waals surface area (Å²) in [6, 6.07) is 0. The average molecular weight is 296 g/mol. The van der Waals surface area contributed by atoms with Crippen LogP contribution in [0.1, 0.15) is 50.7 Å². The van der Waals surface area contributed by atoms with E-state index in [4.69, 9.17) is 11.5 Å². The van der Waals surface area contributed by atoms with Gasteiger partial charge in [0.15, 0.2) is 5.69 Å². The molecule has 4 N–H and O–H groups in total. The third-order valence-electron chi connectivity index (χ3n) is 3.78. The third-order valence-corrected chi connectivity index (χ3v) is 3.78. The van der Waals surface area contributed by atoms with Crippen molar-refractivity contribution in [1.82, 2.24) is 0 Å². The van der Waals surface area contributed by atoms with E-state index in [-0.39, 0.29) is 17.3 Å². The van der Waals surface area contributed by atoms with Crippen LogP contribution in [0.25, 0.3) is 0 Å². The molecule has 1 aromatic rings. The lowest BCUT2D eigenvalue weighted by molar-refractivity contribution is -0.392. The van der Waals surface area contributed by atoms with Gasteiger partial charge < -0.3 is 11.5 Å². The molecule has 0 aliphatic heterocycles. The van der Waals surface area contributed by atoms with Gasteiger partial charge in [-0.1, -0.05) is 20.8 Å². The first kappa shape index (κ1) is 16.7. The molecule has 0 spiro atoms. The number of nitrogens with zero attached hydrogens (tertiary/aromatic N) is 2. The van der Waals surface area contributed by atoms with Crippen LogP contribution in [0.3, 0.4) is 0 Å². The van der Waals surface area contributed by atoms with Crippen molar-refractivity contribution in [3.63, 3.8) is 0 Å². The van der Waals surface area contributed by atoms with Gasteiger partial charge in [-0.05, 0) is 30.7 Å². The lowest BCUT2D eigenvalue weighted by atomic mass is 9.85. The molecule has 21 heavy (non-hydrogen) atoms. The molecule has 0 aromatic heterocycles. The van der Waals surface area contributed by atoms with Crippen molar-refractivity contribution in [3.8, 4) is 0 Å². The lowest BCUT2D eigenvalue weighted by Gasteiger charge is -2.20. The fourth-order valence-corrected chi connectivity index (χ4v) is 2.74. The maximum atomic E-state index is 11.4. The molecule has 0 aliphatic rings. The molecule has 0 saturated carbocycles. The van der Waals surface area contributed by atoms with Crippen molar-refractivity contribution in [2.24, 2.45) is 0 Å². The molecular weight excluding hydrogens is 276 g/mol. The highest BCUT2D eigenvalue weighted by molar-refractivity contribution is 5.86. The van der Waals surface area contributed by atoms with E-state index in [2.05, 4.69) is 0 Å². The van der Waals surface area contributed by atoms with E-state index < -0.39 is 21.2 Å². The zero-order valence-corrected chi connectivity index (χ0v) is 12.4. The maximum absolute atomic E-state index is 11.4. The van der Waals surface area contributed by atoms with E-state index in [1.165, 1.54) is 0 Å². The third kappa shape index (κ3) is 2.74. The Hall–Kier alpha value is -2.38. The summed E-state index contributed by atoms with van der Waals surface area (Å²) in [4.78, 5) is 21.1. The zero-order chi connectivity index (χ0) is 16.3. The van der Waals surface area contributed by atoms with Gasteiger partial charge in [-0.25, -0.2) is 0 Å². The summed E-state index contributed by atoms with van der Waals surface area (Å²) in [5.74, 6) is -0.106. The van der Waals surface area contributed by atoms with Gasteiger partial charge in [0.25, 0.3) is 0 Å². The van der Waals surface area contributed by atoms with Crippen LogP contribution in [-0.4, -0.2) is 9.85 Å². The highest BCUT2D eigenvalue weighted by Gasteiger charge is 2.35. The number of nitro benzene ring substituents is 2. The summed E-state index contributed by atoms with van der Waals surface area (Å²) in [6.45, 7) is 5.58. The van der Waals surface area contributed by atoms with E-state index >= 15 is 0 Å². The molecule has 0 fully saturated rings. The Morgan fingerprint density at radius 1 is 0.952 bits per heavy atom. The summed E-state index contributed by atoms with van der Waals surface area (Å²) in [5, 5.41) is 22.5. The molecular formula is C13H20N4O4. The molecule has 0 heterocycles. The van der Waals surface area contributed by atoms with E-state index in [0.29, 0.717) is 30.4 Å². The van der Waals surface area contributed by atoms with Gasteiger partial charge >= 0.3 is 11.4 Å². The largest absolute Gasteiger partial charge is 0.393 e. The second kappa shape index (κ2) is 6.38. The van der Waals surface area contributed by atoms with Crippen LogP contribution in [0.2, 0.25) is 0 Å². The van der Waals surface area contributed by atoms with Gasteiger partial charge in [-0.3, -0.25) is 20.2 Å². The van der Waals surface area contributed by atoms with Crippen molar-refractivity contribution in [2.45, 2.75) is 46.0 Å². The summed E-state index contributed by atoms with van der Waals surface area (Å²) in [6.07, 6.45) is 1.71. The van der Waals surface area contributed by atoms with Gasteiger partial charge in [-0.15, -0.1) is 0 Å². The van der Waals surface area contributed by atoms with Crippen molar-refractivity contribution in [3.05, 3.63) is 31.4 Å². The first-order valence-corrected chi connectivity index (χ1v) is 6.83. The van der Waals surface area contributed by atoms with Gasteiger partial charge in [0.2, 0.25) is 0 Å². The fourth-order valence-electron chi connectivity index (χ4n) is 2.74.